The van der Waals surface area contributed by atoms with Crippen molar-refractivity contribution in [2.45, 2.75) is 63.1 Å². The van der Waals surface area contributed by atoms with Gasteiger partial charge in [0.05, 0.1) is 38.6 Å². The van der Waals surface area contributed by atoms with Gasteiger partial charge in [0.15, 0.2) is 34.6 Å². The number of carbonyl (C=O) groups excluding carboxylic acids is 4. The second-order valence-electron chi connectivity index (χ2n) is 18.1. The summed E-state index contributed by atoms with van der Waals surface area (Å²) < 4.78 is 108. The lowest BCUT2D eigenvalue weighted by Crippen LogP contribution is -2.54. The normalized spacial score (nSPS) is 12.7. The first-order valence-electron chi connectivity index (χ1n) is 24.4. The minimum Gasteiger partial charge on any atom is -0.494 e. The third-order valence-corrected chi connectivity index (χ3v) is 12.2. The standard InChI is InChI=1S/C59H56F6N2O12/c1-74-51-33-37(11-27-49(51)78-55(72)41-13-21-45(22-14-41)76-31-3-29-58(60,61)62)9-25-47(68)53(70)57(35-39-5-17-43(66)18-6-39,36-40-7-19-44(67)20-8-40)54(71)48(69)26-10-38-12-28-50(52(34-38)75-2)79-56(73)42-15-23-46(24-16-42)77-32-4-30-59(63,64)65/h5-28,33-34,53-54,70-71H,3-4,29-32,35-36,66-67H2,1-2H3/b25-9+,26-10+. The van der Waals surface area contributed by atoms with Crippen LogP contribution in [0.1, 0.15) is 68.7 Å². The highest BCUT2D eigenvalue weighted by molar-refractivity contribution is 6.01. The molecule has 0 aromatic heterocycles. The number of benzene rings is 6. The van der Waals surface area contributed by atoms with Crippen LogP contribution in [0.3, 0.4) is 0 Å². The van der Waals surface area contributed by atoms with Gasteiger partial charge in [0.25, 0.3) is 0 Å². The Labute approximate surface area is 450 Å². The Bertz CT molecular complexity index is 2880. The van der Waals surface area contributed by atoms with Crippen molar-refractivity contribution in [1.29, 1.82) is 0 Å². The molecule has 6 rings (SSSR count). The third kappa shape index (κ3) is 17.7. The van der Waals surface area contributed by atoms with Crippen LogP contribution < -0.4 is 39.9 Å². The van der Waals surface area contributed by atoms with Crippen molar-refractivity contribution in [3.63, 3.8) is 0 Å². The van der Waals surface area contributed by atoms with Crippen molar-refractivity contribution in [1.82, 2.24) is 0 Å². The number of rotatable bonds is 26. The van der Waals surface area contributed by atoms with E-state index >= 15 is 0 Å². The van der Waals surface area contributed by atoms with Crippen molar-refractivity contribution in [2.24, 2.45) is 5.41 Å². The predicted molar refractivity (Wildman–Crippen MR) is 282 cm³/mol. The maximum atomic E-state index is 14.3. The van der Waals surface area contributed by atoms with Crippen LogP contribution in [0.15, 0.2) is 146 Å². The van der Waals surface area contributed by atoms with Gasteiger partial charge in [-0.2, -0.15) is 26.3 Å². The minimum absolute atomic E-state index is 0.000658. The molecule has 0 aliphatic carbocycles. The summed E-state index contributed by atoms with van der Waals surface area (Å²) in [5.41, 5.74) is 12.8. The molecule has 20 heteroatoms. The van der Waals surface area contributed by atoms with Gasteiger partial charge in [0, 0.05) is 29.6 Å². The summed E-state index contributed by atoms with van der Waals surface area (Å²) in [5, 5.41) is 24.6. The number of alkyl halides is 6. The van der Waals surface area contributed by atoms with Gasteiger partial charge in [0.1, 0.15) is 23.7 Å². The first kappa shape index (κ1) is 59.6. The fourth-order valence-electron chi connectivity index (χ4n) is 8.10. The van der Waals surface area contributed by atoms with Gasteiger partial charge in [-0.1, -0.05) is 48.6 Å². The Kier molecular flexibility index (Phi) is 20.5. The van der Waals surface area contributed by atoms with E-state index in [9.17, 15) is 55.7 Å². The zero-order valence-corrected chi connectivity index (χ0v) is 42.7. The fraction of sp³-hybridized carbons (Fsp3) is 0.254. The molecule has 79 heavy (non-hydrogen) atoms. The molecular weight excluding hydrogens is 1040 g/mol. The van der Waals surface area contributed by atoms with Crippen LogP contribution in [-0.2, 0) is 22.4 Å². The number of carbonyl (C=O) groups is 4. The van der Waals surface area contributed by atoms with Crippen molar-refractivity contribution >= 4 is 47.0 Å². The summed E-state index contributed by atoms with van der Waals surface area (Å²) in [5.74, 6) is -2.71. The molecule has 2 atom stereocenters. The minimum atomic E-state index is -4.30. The average Bonchev–Trinajstić information content (AvgIpc) is 3.45. The number of nitrogens with two attached hydrogens (primary N) is 2. The second-order valence-corrected chi connectivity index (χ2v) is 18.1. The van der Waals surface area contributed by atoms with Gasteiger partial charge >= 0.3 is 24.3 Å². The Morgan fingerprint density at radius 2 is 0.861 bits per heavy atom. The Balaban J connectivity index is 1.21. The number of aliphatic hydroxyl groups is 2. The highest BCUT2D eigenvalue weighted by Gasteiger charge is 2.49. The summed E-state index contributed by atoms with van der Waals surface area (Å²) >= 11 is 0. The molecule has 0 spiro atoms. The Morgan fingerprint density at radius 3 is 1.19 bits per heavy atom. The molecule has 0 bridgehead atoms. The van der Waals surface area contributed by atoms with Crippen LogP contribution in [-0.4, -0.2) is 85.7 Å². The van der Waals surface area contributed by atoms with Crippen LogP contribution in [0.25, 0.3) is 12.2 Å². The molecule has 6 N–H and O–H groups in total. The molecule has 14 nitrogen and oxygen atoms in total. The first-order valence-corrected chi connectivity index (χ1v) is 24.4. The maximum Gasteiger partial charge on any atom is 0.389 e. The zero-order valence-electron chi connectivity index (χ0n) is 42.7. The summed E-state index contributed by atoms with van der Waals surface area (Å²) in [6.45, 7) is -0.352. The number of hydrogen-bond acceptors (Lipinski definition) is 14. The molecular formula is C59H56F6N2O12. The van der Waals surface area contributed by atoms with Gasteiger partial charge in [-0.3, -0.25) is 9.59 Å². The van der Waals surface area contributed by atoms with Crippen molar-refractivity contribution in [3.05, 3.63) is 179 Å². The SMILES string of the molecule is COc1cc(/C=C/C(=O)C(O)C(Cc2ccc(N)cc2)(Cc2ccc(N)cc2)C(O)C(=O)/C=C/c2ccc(OC(=O)c3ccc(OCCCC(F)(F)F)cc3)c(OC)c2)ccc1OC(=O)c1ccc(OCCCC(F)(F)F)cc1. The van der Waals surface area contributed by atoms with Crippen molar-refractivity contribution in [3.8, 4) is 34.5 Å². The number of aliphatic hydroxyl groups excluding tert-OH is 2. The molecule has 0 fully saturated rings. The van der Waals surface area contributed by atoms with Crippen LogP contribution in [0, 0.1) is 5.41 Å². The van der Waals surface area contributed by atoms with Crippen LogP contribution in [0.4, 0.5) is 37.7 Å². The molecule has 2 unspecified atom stereocenters. The molecule has 0 heterocycles. The second kappa shape index (κ2) is 27.1. The summed E-state index contributed by atoms with van der Waals surface area (Å²) in [6, 6.07) is 32.8. The van der Waals surface area contributed by atoms with E-state index in [1.807, 2.05) is 0 Å². The van der Waals surface area contributed by atoms with Gasteiger partial charge in [-0.25, -0.2) is 9.59 Å². The van der Waals surface area contributed by atoms with E-state index < -0.39 is 66.3 Å². The number of methoxy groups -OCH3 is 2. The molecule has 416 valence electrons. The van der Waals surface area contributed by atoms with E-state index in [-0.39, 0.29) is 84.5 Å². The smallest absolute Gasteiger partial charge is 0.389 e. The number of ether oxygens (including phenoxy) is 6. The molecule has 0 saturated heterocycles. The van der Waals surface area contributed by atoms with Gasteiger partial charge < -0.3 is 50.1 Å². The monoisotopic (exact) mass is 1100 g/mol. The van der Waals surface area contributed by atoms with E-state index in [0.717, 1.165) is 12.2 Å². The average molecular weight is 1100 g/mol. The Hall–Kier alpha value is -8.62. The topological polar surface area (TPSA) is 216 Å². The number of hydrogen-bond donors (Lipinski definition) is 4. The highest BCUT2D eigenvalue weighted by atomic mass is 19.4. The summed E-state index contributed by atoms with van der Waals surface area (Å²) in [7, 11) is 2.64. The molecule has 6 aromatic carbocycles. The van der Waals surface area contributed by atoms with Crippen molar-refractivity contribution in [2.75, 3.05) is 38.9 Å². The number of nitrogen functional groups attached to an aromatic ring is 2. The van der Waals surface area contributed by atoms with Crippen molar-refractivity contribution < 1.29 is 84.2 Å². The van der Waals surface area contributed by atoms with E-state index in [1.165, 1.54) is 111 Å². The molecule has 0 saturated carbocycles. The molecule has 0 radical (unpaired) electrons. The van der Waals surface area contributed by atoms with E-state index in [0.29, 0.717) is 33.6 Å². The summed E-state index contributed by atoms with van der Waals surface area (Å²) in [4.78, 5) is 54.8. The predicted octanol–water partition coefficient (Wildman–Crippen LogP) is 10.8. The zero-order chi connectivity index (χ0) is 57.3. The quantitative estimate of drug-likeness (QED) is 0.00993. The maximum absolute atomic E-state index is 14.3. The fourth-order valence-corrected chi connectivity index (χ4v) is 8.10. The van der Waals surface area contributed by atoms with Gasteiger partial charge in [-0.05, 0) is 157 Å². The van der Waals surface area contributed by atoms with Crippen LogP contribution in [0.5, 0.6) is 34.5 Å². The first-order chi connectivity index (χ1) is 37.5. The van der Waals surface area contributed by atoms with E-state index in [2.05, 4.69) is 0 Å². The lowest BCUT2D eigenvalue weighted by Gasteiger charge is -2.40. The largest absolute Gasteiger partial charge is 0.494 e. The molecule has 0 aliphatic rings. The highest BCUT2D eigenvalue weighted by Crippen LogP contribution is 2.39. The lowest BCUT2D eigenvalue weighted by atomic mass is 9.66. The number of anilines is 2. The van der Waals surface area contributed by atoms with Crippen LogP contribution >= 0.6 is 0 Å². The molecule has 0 aliphatic heterocycles. The Morgan fingerprint density at radius 1 is 0.506 bits per heavy atom. The van der Waals surface area contributed by atoms with E-state index in [1.54, 1.807) is 48.5 Å². The van der Waals surface area contributed by atoms with Gasteiger partial charge in [0.2, 0.25) is 0 Å². The number of esters is 2. The third-order valence-electron chi connectivity index (χ3n) is 12.2. The number of halogens is 6. The summed E-state index contributed by atoms with van der Waals surface area (Å²) in [6.07, 6.45) is -10.8. The van der Waals surface area contributed by atoms with Crippen LogP contribution in [0.2, 0.25) is 0 Å². The number of ketones is 2. The lowest BCUT2D eigenvalue weighted by molar-refractivity contribution is -0.146. The molecule has 0 amide bonds. The molecule has 6 aromatic rings. The van der Waals surface area contributed by atoms with E-state index in [4.69, 9.17) is 39.9 Å². The van der Waals surface area contributed by atoms with Gasteiger partial charge in [-0.15, -0.1) is 0 Å².